The van der Waals surface area contributed by atoms with Gasteiger partial charge >= 0.3 is 0 Å². The summed E-state index contributed by atoms with van der Waals surface area (Å²) in [5, 5.41) is 4.98. The van der Waals surface area contributed by atoms with E-state index >= 15 is 0 Å². The van der Waals surface area contributed by atoms with Crippen LogP contribution in [0.1, 0.15) is 17.4 Å². The first kappa shape index (κ1) is 21.9. The molecule has 0 atom stereocenters. The third-order valence-corrected chi connectivity index (χ3v) is 8.27. The van der Waals surface area contributed by atoms with Crippen molar-refractivity contribution < 1.29 is 17.9 Å². The number of carbonyl (C=O) groups is 1. The summed E-state index contributed by atoms with van der Waals surface area (Å²) in [5.74, 6) is 1.82. The van der Waals surface area contributed by atoms with Crippen molar-refractivity contribution in [3.8, 4) is 17.0 Å². The highest BCUT2D eigenvalue weighted by Gasteiger charge is 2.28. The Labute approximate surface area is 189 Å². The van der Waals surface area contributed by atoms with E-state index in [4.69, 9.17) is 4.74 Å². The van der Waals surface area contributed by atoms with Crippen LogP contribution in [0, 0.1) is 0 Å². The SMILES string of the molecule is CCOc1ccccc1-c1csc(NC(=O)c2cc(S(=O)(=O)N3CCSCC3)c[nH]2)n1. The first-order chi connectivity index (χ1) is 15.0. The lowest BCUT2D eigenvalue weighted by atomic mass is 10.1. The van der Waals surface area contributed by atoms with Crippen molar-refractivity contribution in [1.82, 2.24) is 14.3 Å². The number of thioether (sulfide) groups is 1. The fraction of sp³-hybridized carbons (Fsp3) is 0.300. The number of hydrogen-bond donors (Lipinski definition) is 2. The van der Waals surface area contributed by atoms with E-state index in [0.29, 0.717) is 30.5 Å². The van der Waals surface area contributed by atoms with E-state index in [1.807, 2.05) is 36.6 Å². The summed E-state index contributed by atoms with van der Waals surface area (Å²) in [5.41, 5.74) is 1.70. The molecule has 3 aromatic rings. The largest absolute Gasteiger partial charge is 0.493 e. The van der Waals surface area contributed by atoms with E-state index in [1.165, 1.54) is 27.9 Å². The van der Waals surface area contributed by atoms with Crippen LogP contribution in [0.25, 0.3) is 11.3 Å². The number of amides is 1. The molecular weight excluding hydrogens is 456 g/mol. The molecule has 3 heterocycles. The number of anilines is 1. The maximum absolute atomic E-state index is 12.8. The van der Waals surface area contributed by atoms with Gasteiger partial charge in [-0.3, -0.25) is 10.1 Å². The number of ether oxygens (including phenoxy) is 1. The molecule has 4 rings (SSSR count). The Bertz CT molecular complexity index is 1170. The van der Waals surface area contributed by atoms with Crippen molar-refractivity contribution in [3.63, 3.8) is 0 Å². The van der Waals surface area contributed by atoms with Crippen molar-refractivity contribution in [3.05, 3.63) is 47.6 Å². The molecular formula is C20H22N4O4S3. The minimum absolute atomic E-state index is 0.0926. The molecule has 31 heavy (non-hydrogen) atoms. The van der Waals surface area contributed by atoms with Crippen LogP contribution < -0.4 is 10.1 Å². The van der Waals surface area contributed by atoms with Crippen LogP contribution in [0.3, 0.4) is 0 Å². The molecule has 0 radical (unpaired) electrons. The molecule has 0 bridgehead atoms. The fourth-order valence-electron chi connectivity index (χ4n) is 3.17. The number of H-pyrrole nitrogens is 1. The maximum Gasteiger partial charge on any atom is 0.273 e. The molecule has 2 N–H and O–H groups in total. The van der Waals surface area contributed by atoms with Crippen LogP contribution in [-0.2, 0) is 10.0 Å². The number of aromatic nitrogens is 2. The zero-order chi connectivity index (χ0) is 21.8. The highest BCUT2D eigenvalue weighted by atomic mass is 32.2. The first-order valence-electron chi connectivity index (χ1n) is 9.74. The molecule has 2 aromatic heterocycles. The standard InChI is InChI=1S/C20H22N4O4S3/c1-2-28-18-6-4-3-5-15(18)17-13-30-20(22-17)23-19(25)16-11-14(12-21-16)31(26,27)24-7-9-29-10-8-24/h3-6,11-13,21H,2,7-10H2,1H3,(H,22,23,25). The van der Waals surface area contributed by atoms with Crippen molar-refractivity contribution in [2.45, 2.75) is 11.8 Å². The van der Waals surface area contributed by atoms with Crippen LogP contribution in [0.2, 0.25) is 0 Å². The third-order valence-electron chi connectivity index (χ3n) is 4.70. The van der Waals surface area contributed by atoms with Crippen LogP contribution >= 0.6 is 23.1 Å². The number of aromatic amines is 1. The van der Waals surface area contributed by atoms with Crippen LogP contribution in [-0.4, -0.2) is 59.8 Å². The Morgan fingerprint density at radius 3 is 2.84 bits per heavy atom. The number of para-hydroxylation sites is 1. The Kier molecular flexibility index (Phi) is 6.65. The lowest BCUT2D eigenvalue weighted by Crippen LogP contribution is -2.37. The Morgan fingerprint density at radius 2 is 2.06 bits per heavy atom. The topological polar surface area (TPSA) is 104 Å². The van der Waals surface area contributed by atoms with Gasteiger partial charge in [0, 0.05) is 41.7 Å². The van der Waals surface area contributed by atoms with Gasteiger partial charge in [-0.25, -0.2) is 13.4 Å². The molecule has 1 aromatic carbocycles. The normalized spacial score (nSPS) is 15.0. The summed E-state index contributed by atoms with van der Waals surface area (Å²) in [7, 11) is -3.61. The van der Waals surface area contributed by atoms with E-state index in [0.717, 1.165) is 22.8 Å². The molecule has 0 spiro atoms. The zero-order valence-electron chi connectivity index (χ0n) is 16.8. The number of nitrogens with one attached hydrogen (secondary N) is 2. The Morgan fingerprint density at radius 1 is 1.29 bits per heavy atom. The average molecular weight is 479 g/mol. The maximum atomic E-state index is 12.8. The molecule has 1 saturated heterocycles. The van der Waals surface area contributed by atoms with Crippen LogP contribution in [0.15, 0.2) is 46.8 Å². The van der Waals surface area contributed by atoms with Gasteiger partial charge < -0.3 is 9.72 Å². The minimum atomic E-state index is -3.61. The monoisotopic (exact) mass is 478 g/mol. The second-order valence-corrected chi connectivity index (χ2v) is 10.7. The number of nitrogens with zero attached hydrogens (tertiary/aromatic N) is 2. The molecule has 8 nitrogen and oxygen atoms in total. The molecule has 1 fully saturated rings. The van der Waals surface area contributed by atoms with Crippen molar-refractivity contribution >= 4 is 44.2 Å². The Hall–Kier alpha value is -2.34. The van der Waals surface area contributed by atoms with E-state index in [9.17, 15) is 13.2 Å². The predicted molar refractivity (Wildman–Crippen MR) is 124 cm³/mol. The van der Waals surface area contributed by atoms with Crippen molar-refractivity contribution in [2.75, 3.05) is 36.5 Å². The zero-order valence-corrected chi connectivity index (χ0v) is 19.3. The smallest absolute Gasteiger partial charge is 0.273 e. The van der Waals surface area contributed by atoms with Gasteiger partial charge in [0.2, 0.25) is 10.0 Å². The van der Waals surface area contributed by atoms with Gasteiger partial charge in [0.15, 0.2) is 5.13 Å². The van der Waals surface area contributed by atoms with E-state index in [2.05, 4.69) is 15.3 Å². The summed E-state index contributed by atoms with van der Waals surface area (Å²) < 4.78 is 32.6. The summed E-state index contributed by atoms with van der Waals surface area (Å²) in [6.45, 7) is 3.41. The molecule has 1 aliphatic rings. The summed E-state index contributed by atoms with van der Waals surface area (Å²) in [4.78, 5) is 20.0. The third kappa shape index (κ3) is 4.79. The minimum Gasteiger partial charge on any atom is -0.493 e. The fourth-order valence-corrected chi connectivity index (χ4v) is 6.45. The van der Waals surface area contributed by atoms with E-state index in [-0.39, 0.29) is 10.6 Å². The molecule has 164 valence electrons. The quantitative estimate of drug-likeness (QED) is 0.538. The highest BCUT2D eigenvalue weighted by molar-refractivity contribution is 7.99. The molecule has 11 heteroatoms. The van der Waals surface area contributed by atoms with Gasteiger partial charge in [-0.15, -0.1) is 11.3 Å². The molecule has 0 saturated carbocycles. The molecule has 0 aliphatic carbocycles. The second-order valence-electron chi connectivity index (χ2n) is 6.69. The summed E-state index contributed by atoms with van der Waals surface area (Å²) in [6.07, 6.45) is 1.36. The van der Waals surface area contributed by atoms with Crippen LogP contribution in [0.4, 0.5) is 5.13 Å². The number of thiazole rings is 1. The van der Waals surface area contributed by atoms with Crippen molar-refractivity contribution in [1.29, 1.82) is 0 Å². The van der Waals surface area contributed by atoms with Gasteiger partial charge in [-0.05, 0) is 25.1 Å². The first-order valence-corrected chi connectivity index (χ1v) is 13.2. The molecule has 1 aliphatic heterocycles. The number of hydrogen-bond acceptors (Lipinski definition) is 7. The van der Waals surface area contributed by atoms with Gasteiger partial charge in [0.05, 0.1) is 12.3 Å². The number of rotatable bonds is 7. The number of benzene rings is 1. The van der Waals surface area contributed by atoms with E-state index < -0.39 is 15.9 Å². The summed E-state index contributed by atoms with van der Waals surface area (Å²) in [6, 6.07) is 8.94. The average Bonchev–Trinajstić information content (AvgIpc) is 3.45. The summed E-state index contributed by atoms with van der Waals surface area (Å²) >= 11 is 3.02. The van der Waals surface area contributed by atoms with Gasteiger partial charge in [0.1, 0.15) is 16.3 Å². The second kappa shape index (κ2) is 9.43. The van der Waals surface area contributed by atoms with E-state index in [1.54, 1.807) is 11.8 Å². The van der Waals surface area contributed by atoms with Gasteiger partial charge in [-0.2, -0.15) is 16.1 Å². The van der Waals surface area contributed by atoms with Crippen molar-refractivity contribution in [2.24, 2.45) is 0 Å². The highest BCUT2D eigenvalue weighted by Crippen LogP contribution is 2.32. The van der Waals surface area contributed by atoms with Gasteiger partial charge in [0.25, 0.3) is 5.91 Å². The molecule has 0 unspecified atom stereocenters. The van der Waals surface area contributed by atoms with Crippen LogP contribution in [0.5, 0.6) is 5.75 Å². The lowest BCUT2D eigenvalue weighted by Gasteiger charge is -2.24. The number of carbonyl (C=O) groups excluding carboxylic acids is 1. The predicted octanol–water partition coefficient (Wildman–Crippen LogP) is 3.53. The Balaban J connectivity index is 1.48. The lowest BCUT2D eigenvalue weighted by molar-refractivity contribution is 0.102. The number of sulfonamides is 1. The van der Waals surface area contributed by atoms with Gasteiger partial charge in [-0.1, -0.05) is 12.1 Å². The molecule has 1 amide bonds.